The largest absolute Gasteiger partial charge is 0.480 e. The molecular weight excluding hydrogens is 329 g/mol. The minimum atomic E-state index is -0.850. The van der Waals surface area contributed by atoms with Gasteiger partial charge in [0.25, 0.3) is 0 Å². The Balaban J connectivity index is 0.00000161. The Morgan fingerprint density at radius 3 is 2.81 bits per heavy atom. The van der Waals surface area contributed by atoms with Crippen LogP contribution >= 0.6 is 35.3 Å². The number of benzene rings is 1. The van der Waals surface area contributed by atoms with Crippen molar-refractivity contribution >= 4 is 41.3 Å². The molecule has 0 saturated carbocycles. The van der Waals surface area contributed by atoms with E-state index in [1.807, 2.05) is 17.0 Å². The lowest BCUT2D eigenvalue weighted by Crippen LogP contribution is -2.37. The molecule has 0 bridgehead atoms. The maximum absolute atomic E-state index is 11.7. The molecule has 1 aliphatic rings. The molecule has 0 radical (unpaired) electrons. The van der Waals surface area contributed by atoms with Gasteiger partial charge >= 0.3 is 5.97 Å². The quantitative estimate of drug-likeness (QED) is 0.915. The summed E-state index contributed by atoms with van der Waals surface area (Å²) in [5, 5.41) is 12.2. The van der Waals surface area contributed by atoms with Crippen molar-refractivity contribution < 1.29 is 9.90 Å². The average molecular weight is 344 g/mol. The van der Waals surface area contributed by atoms with E-state index < -0.39 is 12.0 Å². The van der Waals surface area contributed by atoms with Crippen LogP contribution in [-0.2, 0) is 17.8 Å². The highest BCUT2D eigenvalue weighted by Gasteiger charge is 2.31. The normalized spacial score (nSPS) is 15.9. The first-order valence-corrected chi connectivity index (χ1v) is 7.69. The second-order valence-electron chi connectivity index (χ2n) is 4.85. The molecule has 21 heavy (non-hydrogen) atoms. The lowest BCUT2D eigenvalue weighted by molar-refractivity contribution is -0.144. The maximum Gasteiger partial charge on any atom is 0.325 e. The highest BCUT2D eigenvalue weighted by Crippen LogP contribution is 2.33. The molecule has 1 N–H and O–H groups in total. The molecular formula is C15H15Cl2NO2S. The van der Waals surface area contributed by atoms with E-state index in [-0.39, 0.29) is 12.4 Å². The van der Waals surface area contributed by atoms with Crippen LogP contribution in [0.15, 0.2) is 35.7 Å². The minimum absolute atomic E-state index is 0. The van der Waals surface area contributed by atoms with E-state index in [0.717, 1.165) is 13.0 Å². The molecule has 0 fully saturated rings. The van der Waals surface area contributed by atoms with E-state index in [1.54, 1.807) is 23.5 Å². The zero-order valence-electron chi connectivity index (χ0n) is 11.2. The number of rotatable bonds is 3. The fourth-order valence-corrected chi connectivity index (χ4v) is 3.80. The second kappa shape index (κ2) is 6.79. The topological polar surface area (TPSA) is 40.5 Å². The van der Waals surface area contributed by atoms with Gasteiger partial charge in [-0.1, -0.05) is 29.8 Å². The van der Waals surface area contributed by atoms with Gasteiger partial charge in [0.1, 0.15) is 6.04 Å². The van der Waals surface area contributed by atoms with Gasteiger partial charge in [-0.05, 0) is 35.1 Å². The molecule has 0 saturated heterocycles. The molecule has 3 rings (SSSR count). The summed E-state index contributed by atoms with van der Waals surface area (Å²) in [6.45, 7) is 1.41. The zero-order valence-corrected chi connectivity index (χ0v) is 13.5. The van der Waals surface area contributed by atoms with Gasteiger partial charge in [0, 0.05) is 23.0 Å². The first-order chi connectivity index (χ1) is 9.66. The Hall–Kier alpha value is -1.07. The third-order valence-corrected chi connectivity index (χ3v) is 5.00. The van der Waals surface area contributed by atoms with E-state index in [1.165, 1.54) is 10.4 Å². The predicted molar refractivity (Wildman–Crippen MR) is 87.5 cm³/mol. The second-order valence-corrected chi connectivity index (χ2v) is 6.26. The molecule has 6 heteroatoms. The molecule has 1 aliphatic heterocycles. The average Bonchev–Trinajstić information content (AvgIpc) is 2.88. The van der Waals surface area contributed by atoms with Crippen LogP contribution in [-0.4, -0.2) is 22.5 Å². The van der Waals surface area contributed by atoms with E-state index >= 15 is 0 Å². The number of halogens is 2. The molecule has 2 heterocycles. The van der Waals surface area contributed by atoms with Crippen molar-refractivity contribution in [1.29, 1.82) is 0 Å². The smallest absolute Gasteiger partial charge is 0.325 e. The number of thiophene rings is 1. The molecule has 3 nitrogen and oxygen atoms in total. The molecule has 112 valence electrons. The summed E-state index contributed by atoms with van der Waals surface area (Å²) in [5.74, 6) is -0.850. The molecule has 1 aromatic carbocycles. The van der Waals surface area contributed by atoms with Crippen LogP contribution in [0.5, 0.6) is 0 Å². The summed E-state index contributed by atoms with van der Waals surface area (Å²) in [5.41, 5.74) is 1.90. The van der Waals surface area contributed by atoms with Crippen molar-refractivity contribution in [3.63, 3.8) is 0 Å². The van der Waals surface area contributed by atoms with E-state index in [2.05, 4.69) is 11.4 Å². The van der Waals surface area contributed by atoms with E-state index in [4.69, 9.17) is 11.6 Å². The van der Waals surface area contributed by atoms with Crippen LogP contribution in [0.3, 0.4) is 0 Å². The van der Waals surface area contributed by atoms with Crippen molar-refractivity contribution in [1.82, 2.24) is 4.90 Å². The lowest BCUT2D eigenvalue weighted by Gasteiger charge is -2.32. The van der Waals surface area contributed by atoms with E-state index in [9.17, 15) is 9.90 Å². The SMILES string of the molecule is Cl.O=C(O)C(c1ccccc1Cl)N1CCc2sccc2C1. The number of aliphatic carboxylic acids is 1. The number of nitrogens with zero attached hydrogens (tertiary/aromatic N) is 1. The van der Waals surface area contributed by atoms with Crippen molar-refractivity contribution in [3.8, 4) is 0 Å². The summed E-state index contributed by atoms with van der Waals surface area (Å²) in [4.78, 5) is 15.1. The Bertz CT molecular complexity index is 644. The van der Waals surface area contributed by atoms with Gasteiger partial charge in [-0.25, -0.2) is 0 Å². The number of carboxylic acids is 1. The van der Waals surface area contributed by atoms with Gasteiger partial charge in [-0.3, -0.25) is 9.69 Å². The zero-order chi connectivity index (χ0) is 14.1. The summed E-state index contributed by atoms with van der Waals surface area (Å²) < 4.78 is 0. The summed E-state index contributed by atoms with van der Waals surface area (Å²) in [6.07, 6.45) is 0.904. The summed E-state index contributed by atoms with van der Waals surface area (Å²) in [6, 6.07) is 8.58. The molecule has 1 aromatic heterocycles. The van der Waals surface area contributed by atoms with Gasteiger partial charge in [0.15, 0.2) is 0 Å². The van der Waals surface area contributed by atoms with Gasteiger partial charge < -0.3 is 5.11 Å². The van der Waals surface area contributed by atoms with Crippen LogP contribution in [0, 0.1) is 0 Å². The highest BCUT2D eigenvalue weighted by molar-refractivity contribution is 7.10. The highest BCUT2D eigenvalue weighted by atomic mass is 35.5. The Labute approximate surface area is 138 Å². The Morgan fingerprint density at radius 2 is 2.10 bits per heavy atom. The third kappa shape index (κ3) is 3.24. The van der Waals surface area contributed by atoms with Gasteiger partial charge in [0.2, 0.25) is 0 Å². The molecule has 0 aliphatic carbocycles. The van der Waals surface area contributed by atoms with Crippen molar-refractivity contribution in [2.75, 3.05) is 6.54 Å². The van der Waals surface area contributed by atoms with Crippen LogP contribution in [0.4, 0.5) is 0 Å². The Kier molecular flexibility index (Phi) is 5.27. The van der Waals surface area contributed by atoms with Gasteiger partial charge in [-0.2, -0.15) is 0 Å². The number of carbonyl (C=O) groups is 1. The van der Waals surface area contributed by atoms with Crippen molar-refractivity contribution in [3.05, 3.63) is 56.7 Å². The molecule has 2 aromatic rings. The fraction of sp³-hybridized carbons (Fsp3) is 0.267. The molecule has 0 spiro atoms. The number of fused-ring (bicyclic) bond motifs is 1. The minimum Gasteiger partial charge on any atom is -0.480 e. The first-order valence-electron chi connectivity index (χ1n) is 6.43. The summed E-state index contributed by atoms with van der Waals surface area (Å²) in [7, 11) is 0. The van der Waals surface area contributed by atoms with Crippen LogP contribution in [0.25, 0.3) is 0 Å². The molecule has 1 atom stereocenters. The lowest BCUT2D eigenvalue weighted by atomic mass is 10.0. The third-order valence-electron chi connectivity index (χ3n) is 3.64. The van der Waals surface area contributed by atoms with Crippen LogP contribution in [0.1, 0.15) is 22.0 Å². The van der Waals surface area contributed by atoms with Crippen molar-refractivity contribution in [2.24, 2.45) is 0 Å². The fourth-order valence-electron chi connectivity index (χ4n) is 2.67. The number of hydrogen-bond donors (Lipinski definition) is 1. The van der Waals surface area contributed by atoms with Crippen LogP contribution < -0.4 is 0 Å². The number of carboxylic acid groups (broad SMARTS) is 1. The Morgan fingerprint density at radius 1 is 1.33 bits per heavy atom. The molecule has 1 unspecified atom stereocenters. The monoisotopic (exact) mass is 343 g/mol. The molecule has 0 amide bonds. The van der Waals surface area contributed by atoms with Crippen LogP contribution in [0.2, 0.25) is 5.02 Å². The van der Waals surface area contributed by atoms with Gasteiger partial charge in [-0.15, -0.1) is 23.7 Å². The maximum atomic E-state index is 11.7. The predicted octanol–water partition coefficient (Wildman–Crippen LogP) is 4.01. The van der Waals surface area contributed by atoms with Crippen molar-refractivity contribution in [2.45, 2.75) is 19.0 Å². The first kappa shape index (κ1) is 16.3. The summed E-state index contributed by atoms with van der Waals surface area (Å²) >= 11 is 7.92. The standard InChI is InChI=1S/C15H14ClNO2S.ClH/c16-12-4-2-1-3-11(12)14(15(18)19)17-7-5-13-10(9-17)6-8-20-13;/h1-4,6,8,14H,5,7,9H2,(H,18,19);1H. The van der Waals surface area contributed by atoms with E-state index in [0.29, 0.717) is 17.1 Å². The van der Waals surface area contributed by atoms with Gasteiger partial charge in [0.05, 0.1) is 0 Å². The number of hydrogen-bond acceptors (Lipinski definition) is 3.